The molecule has 0 aliphatic rings. The van der Waals surface area contributed by atoms with E-state index in [1.54, 1.807) is 0 Å². The van der Waals surface area contributed by atoms with Crippen LogP contribution in [0.2, 0.25) is 0 Å². The summed E-state index contributed by atoms with van der Waals surface area (Å²) >= 11 is 5.14. The molecular weight excluding hydrogens is 174 g/mol. The fourth-order valence-corrected chi connectivity index (χ4v) is 0.353. The molecule has 0 heterocycles. The van der Waals surface area contributed by atoms with Crippen molar-refractivity contribution in [1.29, 1.82) is 0 Å². The van der Waals surface area contributed by atoms with E-state index in [1.165, 1.54) is 13.8 Å². The lowest BCUT2D eigenvalue weighted by Crippen LogP contribution is -3.03. The predicted molar refractivity (Wildman–Crippen MR) is 36.7 cm³/mol. The van der Waals surface area contributed by atoms with E-state index in [0.717, 1.165) is 0 Å². The molecule has 2 N–H and O–H groups in total. The Morgan fingerprint density at radius 1 is 1.82 bits per heavy atom. The zero-order valence-corrected chi connectivity index (χ0v) is 7.01. The Morgan fingerprint density at radius 3 is 2.55 bits per heavy atom. The first kappa shape index (κ1) is 10.8. The number of carbonyl (C=O) groups excluding carboxylic acids is 1. The molecule has 0 rings (SSSR count). The minimum absolute atomic E-state index is 0.218. The number of halogens is 1. The average molecular weight is 184 g/mol. The summed E-state index contributed by atoms with van der Waals surface area (Å²) in [4.78, 5) is 14.7. The molecule has 66 valence electrons. The van der Waals surface area contributed by atoms with Crippen molar-refractivity contribution in [2.75, 3.05) is 6.61 Å². The molecule has 0 saturated carbocycles. The van der Waals surface area contributed by atoms with Crippen LogP contribution in [0.1, 0.15) is 13.8 Å². The van der Waals surface area contributed by atoms with E-state index in [0.29, 0.717) is 0 Å². The Morgan fingerprint density at radius 2 is 2.27 bits per heavy atom. The first-order valence-corrected chi connectivity index (χ1v) is 3.30. The third-order valence-electron chi connectivity index (χ3n) is 1.09. The molecule has 0 radical (unpaired) electrons. The van der Waals surface area contributed by atoms with Crippen LogP contribution in [0.5, 0.6) is 0 Å². The van der Waals surface area contributed by atoms with Crippen molar-refractivity contribution in [2.24, 2.45) is 5.41 Å². The second kappa shape index (κ2) is 3.99. The van der Waals surface area contributed by atoms with E-state index in [9.17, 15) is 10.0 Å². The Bertz CT molecular complexity index is 147. The lowest BCUT2D eigenvalue weighted by Gasteiger charge is -2.19. The SMILES string of the molecule is CC(C)(CO[NH+]([O-])O)C(=O)Cl. The highest BCUT2D eigenvalue weighted by molar-refractivity contribution is 6.64. The van der Waals surface area contributed by atoms with Crippen LogP contribution < -0.4 is 5.39 Å². The predicted octanol–water partition coefficient (Wildman–Crippen LogP) is -0.518. The van der Waals surface area contributed by atoms with Crippen molar-refractivity contribution in [3.05, 3.63) is 5.21 Å². The highest BCUT2D eigenvalue weighted by atomic mass is 35.5. The van der Waals surface area contributed by atoms with Gasteiger partial charge in [-0.3, -0.25) is 4.79 Å². The van der Waals surface area contributed by atoms with Crippen molar-refractivity contribution in [1.82, 2.24) is 0 Å². The molecule has 0 aromatic rings. The molecule has 0 spiro atoms. The van der Waals surface area contributed by atoms with E-state index in [4.69, 9.17) is 16.8 Å². The summed E-state index contributed by atoms with van der Waals surface area (Å²) in [5.41, 5.74) is -0.944. The van der Waals surface area contributed by atoms with Crippen molar-refractivity contribution >= 4 is 16.8 Å². The Balaban J connectivity index is 3.83. The molecule has 0 aliphatic carbocycles. The molecule has 0 saturated heterocycles. The van der Waals surface area contributed by atoms with Gasteiger partial charge in [0.25, 0.3) is 0 Å². The molecule has 0 aliphatic heterocycles. The van der Waals surface area contributed by atoms with Crippen LogP contribution in [0.15, 0.2) is 0 Å². The number of quaternary nitrogens is 1. The van der Waals surface area contributed by atoms with Gasteiger partial charge in [-0.2, -0.15) is 10.0 Å². The molecular formula is C5H10ClNO4. The summed E-state index contributed by atoms with van der Waals surface area (Å²) in [5, 5.41) is 16.0. The summed E-state index contributed by atoms with van der Waals surface area (Å²) in [6, 6.07) is 0. The zero-order valence-electron chi connectivity index (χ0n) is 6.26. The van der Waals surface area contributed by atoms with Crippen LogP contribution in [0, 0.1) is 10.6 Å². The van der Waals surface area contributed by atoms with Gasteiger partial charge in [-0.05, 0) is 25.4 Å². The van der Waals surface area contributed by atoms with Crippen LogP contribution in [0.3, 0.4) is 0 Å². The molecule has 6 heteroatoms. The van der Waals surface area contributed by atoms with Gasteiger partial charge in [-0.25, -0.2) is 0 Å². The standard InChI is InChI=1S/C5H10ClNO4/c1-5(2,4(6)8)3-11-7(9)10/h7,9H,3H2,1-2H3. The fourth-order valence-electron chi connectivity index (χ4n) is 0.299. The number of carbonyl (C=O) groups is 1. The minimum Gasteiger partial charge on any atom is -0.566 e. The maximum atomic E-state index is 10.6. The molecule has 0 aromatic carbocycles. The summed E-state index contributed by atoms with van der Waals surface area (Å²) in [6.45, 7) is 2.79. The molecule has 1 atom stereocenters. The van der Waals surface area contributed by atoms with Gasteiger partial charge in [-0.1, -0.05) is 5.39 Å². The maximum Gasteiger partial charge on any atom is 0.229 e. The third kappa shape index (κ3) is 4.28. The van der Waals surface area contributed by atoms with Gasteiger partial charge in [0.1, 0.15) is 6.61 Å². The molecule has 0 fully saturated rings. The van der Waals surface area contributed by atoms with Gasteiger partial charge < -0.3 is 5.21 Å². The Hall–Kier alpha value is -0.200. The van der Waals surface area contributed by atoms with Crippen LogP contribution in [-0.4, -0.2) is 17.1 Å². The summed E-state index contributed by atoms with van der Waals surface area (Å²) in [6.07, 6.45) is 0. The van der Waals surface area contributed by atoms with Crippen LogP contribution in [0.25, 0.3) is 0 Å². The van der Waals surface area contributed by atoms with Crippen molar-refractivity contribution in [3.8, 4) is 0 Å². The van der Waals surface area contributed by atoms with Crippen molar-refractivity contribution in [2.45, 2.75) is 13.8 Å². The van der Waals surface area contributed by atoms with Gasteiger partial charge in [0.05, 0.1) is 5.41 Å². The topological polar surface area (TPSA) is 74.0 Å². The monoisotopic (exact) mass is 183 g/mol. The van der Waals surface area contributed by atoms with Gasteiger partial charge in [0.2, 0.25) is 5.24 Å². The van der Waals surface area contributed by atoms with Gasteiger partial charge in [0, 0.05) is 0 Å². The van der Waals surface area contributed by atoms with E-state index in [2.05, 4.69) is 4.84 Å². The molecule has 0 amide bonds. The normalized spacial score (nSPS) is 14.6. The summed E-state index contributed by atoms with van der Waals surface area (Å²) in [7, 11) is 0. The minimum atomic E-state index is -1.41. The highest BCUT2D eigenvalue weighted by Gasteiger charge is 2.27. The highest BCUT2D eigenvalue weighted by Crippen LogP contribution is 2.17. The number of hydrogen-bond donors (Lipinski definition) is 2. The van der Waals surface area contributed by atoms with Crippen LogP contribution >= 0.6 is 11.6 Å². The summed E-state index contributed by atoms with van der Waals surface area (Å²) < 4.78 is 0. The molecule has 11 heavy (non-hydrogen) atoms. The molecule has 5 nitrogen and oxygen atoms in total. The molecule has 0 bridgehead atoms. The van der Waals surface area contributed by atoms with E-state index >= 15 is 0 Å². The van der Waals surface area contributed by atoms with E-state index < -0.39 is 16.0 Å². The average Bonchev–Trinajstić information content (AvgIpc) is 1.84. The van der Waals surface area contributed by atoms with Gasteiger partial charge in [-0.15, -0.1) is 0 Å². The Kier molecular flexibility index (Phi) is 3.91. The summed E-state index contributed by atoms with van der Waals surface area (Å²) in [5.74, 6) is 0. The number of rotatable bonds is 4. The second-order valence-corrected chi connectivity index (χ2v) is 3.06. The van der Waals surface area contributed by atoms with Crippen LogP contribution in [-0.2, 0) is 9.63 Å². The Labute approximate surface area is 69.0 Å². The second-order valence-electron chi connectivity index (χ2n) is 2.71. The smallest absolute Gasteiger partial charge is 0.229 e. The van der Waals surface area contributed by atoms with E-state index in [-0.39, 0.29) is 6.61 Å². The zero-order chi connectivity index (χ0) is 9.07. The largest absolute Gasteiger partial charge is 0.566 e. The molecule has 0 aromatic heterocycles. The van der Waals surface area contributed by atoms with Crippen molar-refractivity contribution < 1.29 is 20.2 Å². The number of nitrogens with one attached hydrogen (secondary N) is 1. The maximum absolute atomic E-state index is 10.6. The number of hydrogen-bond acceptors (Lipinski definition) is 4. The van der Waals surface area contributed by atoms with Gasteiger partial charge in [0.15, 0.2) is 0 Å². The fraction of sp³-hybridized carbons (Fsp3) is 0.800. The van der Waals surface area contributed by atoms with E-state index in [1.807, 2.05) is 0 Å². The quantitative estimate of drug-likeness (QED) is 0.455. The van der Waals surface area contributed by atoms with Crippen molar-refractivity contribution in [3.63, 3.8) is 0 Å². The molecule has 1 unspecified atom stereocenters. The lowest BCUT2D eigenvalue weighted by atomic mass is 9.97. The first-order valence-electron chi connectivity index (χ1n) is 2.92. The van der Waals surface area contributed by atoms with Crippen LogP contribution in [0.4, 0.5) is 0 Å². The third-order valence-corrected chi connectivity index (χ3v) is 1.60. The van der Waals surface area contributed by atoms with Gasteiger partial charge >= 0.3 is 0 Å². The lowest BCUT2D eigenvalue weighted by molar-refractivity contribution is -1.21. The first-order chi connectivity index (χ1) is 4.86.